The molecule has 0 spiro atoms. The fourth-order valence-corrected chi connectivity index (χ4v) is 5.50. The minimum absolute atomic E-state index is 0.244. The van der Waals surface area contributed by atoms with Crippen molar-refractivity contribution in [1.29, 1.82) is 0 Å². The van der Waals surface area contributed by atoms with Crippen LogP contribution in [0.15, 0.2) is 83.9 Å². The molecule has 1 saturated heterocycles. The number of fused-ring (bicyclic) bond motifs is 1. The first kappa shape index (κ1) is 18.8. The van der Waals surface area contributed by atoms with Gasteiger partial charge < -0.3 is 10.2 Å². The Kier molecular flexibility index (Phi) is 4.77. The highest BCUT2D eigenvalue weighted by Crippen LogP contribution is 2.35. The second-order valence-electron chi connectivity index (χ2n) is 7.28. The summed E-state index contributed by atoms with van der Waals surface area (Å²) in [6.45, 7) is 3.55. The van der Waals surface area contributed by atoms with Crippen molar-refractivity contribution >= 4 is 26.7 Å². The zero-order chi connectivity index (χ0) is 20.6. The van der Waals surface area contributed by atoms with Crippen molar-refractivity contribution in [2.45, 2.75) is 4.90 Å². The lowest BCUT2D eigenvalue weighted by Crippen LogP contribution is -2.43. The number of hydrogen-bond acceptors (Lipinski definition) is 5. The first-order chi connectivity index (χ1) is 14.7. The standard InChI is InChI=1S/C23H22N4O2S/c28-30(29,19-9-5-2-6-10-19)27-22(18-7-3-1-4-8-18)17-20-21(11-12-25-23(20)27)26-15-13-24-14-16-26/h1-12,17,24H,13-16H2. The zero-order valence-electron chi connectivity index (χ0n) is 16.4. The number of anilines is 1. The third-order valence-electron chi connectivity index (χ3n) is 5.45. The van der Waals surface area contributed by atoms with Gasteiger partial charge in [-0.2, -0.15) is 0 Å². The fraction of sp³-hybridized carbons (Fsp3) is 0.174. The van der Waals surface area contributed by atoms with Gasteiger partial charge in [0.1, 0.15) is 0 Å². The minimum atomic E-state index is -3.83. The van der Waals surface area contributed by atoms with Gasteiger partial charge in [0.15, 0.2) is 5.65 Å². The summed E-state index contributed by atoms with van der Waals surface area (Å²) in [7, 11) is -3.83. The maximum Gasteiger partial charge on any atom is 0.269 e. The maximum atomic E-state index is 13.7. The summed E-state index contributed by atoms with van der Waals surface area (Å²) in [6.07, 6.45) is 1.70. The van der Waals surface area contributed by atoms with Crippen LogP contribution in [0.25, 0.3) is 22.3 Å². The molecule has 1 N–H and O–H groups in total. The number of hydrogen-bond donors (Lipinski definition) is 1. The van der Waals surface area contributed by atoms with Crippen LogP contribution in [0.5, 0.6) is 0 Å². The third-order valence-corrected chi connectivity index (χ3v) is 7.17. The van der Waals surface area contributed by atoms with E-state index in [1.54, 1.807) is 30.5 Å². The molecule has 5 rings (SSSR count). The molecule has 30 heavy (non-hydrogen) atoms. The fourth-order valence-electron chi connectivity index (χ4n) is 3.99. The smallest absolute Gasteiger partial charge is 0.269 e. The number of nitrogens with one attached hydrogen (secondary N) is 1. The van der Waals surface area contributed by atoms with E-state index in [1.165, 1.54) is 3.97 Å². The summed E-state index contributed by atoms with van der Waals surface area (Å²) in [4.78, 5) is 7.05. The SMILES string of the molecule is O=S(=O)(c1ccccc1)n1c(-c2ccccc2)cc2c(N3CCNCC3)ccnc21. The maximum absolute atomic E-state index is 13.7. The molecule has 6 nitrogen and oxygen atoms in total. The molecule has 0 aliphatic carbocycles. The molecule has 0 amide bonds. The van der Waals surface area contributed by atoms with E-state index in [1.807, 2.05) is 48.5 Å². The van der Waals surface area contributed by atoms with Gasteiger partial charge in [-0.15, -0.1) is 0 Å². The van der Waals surface area contributed by atoms with Crippen LogP contribution in [0.3, 0.4) is 0 Å². The van der Waals surface area contributed by atoms with Gasteiger partial charge in [0.25, 0.3) is 10.0 Å². The Labute approximate surface area is 175 Å². The number of rotatable bonds is 4. The van der Waals surface area contributed by atoms with Crippen LogP contribution in [-0.2, 0) is 10.0 Å². The predicted octanol–water partition coefficient (Wildman–Crippen LogP) is 3.35. The Balaban J connectivity index is 1.80. The lowest BCUT2D eigenvalue weighted by atomic mass is 10.1. The zero-order valence-corrected chi connectivity index (χ0v) is 17.2. The van der Waals surface area contributed by atoms with E-state index in [0.717, 1.165) is 42.8 Å². The minimum Gasteiger partial charge on any atom is -0.368 e. The molecular weight excluding hydrogens is 396 g/mol. The molecule has 4 aromatic rings. The van der Waals surface area contributed by atoms with Gasteiger partial charge in [-0.05, 0) is 29.8 Å². The van der Waals surface area contributed by atoms with E-state index in [4.69, 9.17) is 0 Å². The van der Waals surface area contributed by atoms with Crippen molar-refractivity contribution in [3.05, 3.63) is 79.0 Å². The van der Waals surface area contributed by atoms with Gasteiger partial charge in [0.2, 0.25) is 0 Å². The highest BCUT2D eigenvalue weighted by atomic mass is 32.2. The van der Waals surface area contributed by atoms with Crippen LogP contribution in [0.1, 0.15) is 0 Å². The average molecular weight is 419 g/mol. The van der Waals surface area contributed by atoms with Gasteiger partial charge >= 0.3 is 0 Å². The van der Waals surface area contributed by atoms with Crippen LogP contribution < -0.4 is 10.2 Å². The molecule has 152 valence electrons. The number of piperazine rings is 1. The molecule has 2 aromatic heterocycles. The van der Waals surface area contributed by atoms with Gasteiger partial charge in [0, 0.05) is 43.4 Å². The predicted molar refractivity (Wildman–Crippen MR) is 119 cm³/mol. The Bertz CT molecular complexity index is 1280. The molecule has 7 heteroatoms. The summed E-state index contributed by atoms with van der Waals surface area (Å²) in [6, 6.07) is 22.1. The van der Waals surface area contributed by atoms with Crippen molar-refractivity contribution in [3.8, 4) is 11.3 Å². The van der Waals surface area contributed by atoms with Crippen molar-refractivity contribution in [3.63, 3.8) is 0 Å². The molecule has 0 unspecified atom stereocenters. The van der Waals surface area contributed by atoms with Crippen molar-refractivity contribution in [2.24, 2.45) is 0 Å². The Morgan fingerprint density at radius 3 is 2.23 bits per heavy atom. The Morgan fingerprint density at radius 1 is 0.867 bits per heavy atom. The van der Waals surface area contributed by atoms with Gasteiger partial charge in [0.05, 0.1) is 10.6 Å². The molecule has 2 aromatic carbocycles. The quantitative estimate of drug-likeness (QED) is 0.551. The van der Waals surface area contributed by atoms with Crippen molar-refractivity contribution in [2.75, 3.05) is 31.1 Å². The van der Waals surface area contributed by atoms with Crippen LogP contribution >= 0.6 is 0 Å². The lowest BCUT2D eigenvalue weighted by Gasteiger charge is -2.29. The number of nitrogens with zero attached hydrogens (tertiary/aromatic N) is 3. The van der Waals surface area contributed by atoms with Gasteiger partial charge in [-0.1, -0.05) is 48.5 Å². The second-order valence-corrected chi connectivity index (χ2v) is 9.07. The first-order valence-corrected chi connectivity index (χ1v) is 11.4. The normalized spacial score (nSPS) is 14.9. The van der Waals surface area contributed by atoms with Crippen LogP contribution in [-0.4, -0.2) is 43.6 Å². The molecular formula is C23H22N4O2S. The van der Waals surface area contributed by atoms with E-state index < -0.39 is 10.0 Å². The monoisotopic (exact) mass is 418 g/mol. The molecule has 1 aliphatic heterocycles. The van der Waals surface area contributed by atoms with Crippen LogP contribution in [0.4, 0.5) is 5.69 Å². The van der Waals surface area contributed by atoms with E-state index in [9.17, 15) is 8.42 Å². The highest BCUT2D eigenvalue weighted by Gasteiger charge is 2.26. The Morgan fingerprint density at radius 2 is 1.53 bits per heavy atom. The molecule has 0 atom stereocenters. The topological polar surface area (TPSA) is 67.2 Å². The summed E-state index contributed by atoms with van der Waals surface area (Å²) >= 11 is 0. The second kappa shape index (κ2) is 7.59. The van der Waals surface area contributed by atoms with Gasteiger partial charge in [-0.25, -0.2) is 17.4 Å². The Hall–Kier alpha value is -3.16. The average Bonchev–Trinajstić information content (AvgIpc) is 3.21. The molecule has 1 fully saturated rings. The molecule has 1 aliphatic rings. The number of pyridine rings is 1. The largest absolute Gasteiger partial charge is 0.368 e. The van der Waals surface area contributed by atoms with Crippen molar-refractivity contribution in [1.82, 2.24) is 14.3 Å². The van der Waals surface area contributed by atoms with E-state index >= 15 is 0 Å². The van der Waals surface area contributed by atoms with Crippen LogP contribution in [0.2, 0.25) is 0 Å². The summed E-state index contributed by atoms with van der Waals surface area (Å²) in [5.41, 5.74) is 2.92. The van der Waals surface area contributed by atoms with Gasteiger partial charge in [-0.3, -0.25) is 0 Å². The number of benzene rings is 2. The molecule has 3 heterocycles. The highest BCUT2D eigenvalue weighted by molar-refractivity contribution is 7.90. The molecule has 0 saturated carbocycles. The van der Waals surface area contributed by atoms with E-state index in [-0.39, 0.29) is 4.90 Å². The summed E-state index contributed by atoms with van der Waals surface area (Å²) < 4.78 is 28.8. The van der Waals surface area contributed by atoms with E-state index in [2.05, 4.69) is 15.2 Å². The summed E-state index contributed by atoms with van der Waals surface area (Å²) in [5, 5.41) is 4.21. The number of aromatic nitrogens is 2. The van der Waals surface area contributed by atoms with Crippen molar-refractivity contribution < 1.29 is 8.42 Å². The molecule has 0 bridgehead atoms. The first-order valence-electron chi connectivity index (χ1n) is 9.98. The van der Waals surface area contributed by atoms with Crippen LogP contribution in [0, 0.1) is 0 Å². The third kappa shape index (κ3) is 3.16. The molecule has 0 radical (unpaired) electrons. The van der Waals surface area contributed by atoms with E-state index in [0.29, 0.717) is 11.3 Å². The lowest BCUT2D eigenvalue weighted by molar-refractivity contribution is 0.588. The summed E-state index contributed by atoms with van der Waals surface area (Å²) in [5.74, 6) is 0.